The molecule has 0 unspecified atom stereocenters. The standard InChI is InChI=1S/C19H17ClN6OS/c1-11(2)18-24-14(10-28-18)15-7-23-17-8-21-13(9-26(15)17)19(27)25(3)12-4-5-16(20)22-6-12/h4-11H,1-3H3. The Morgan fingerprint density at radius 3 is 2.68 bits per heavy atom. The van der Waals surface area contributed by atoms with Crippen LogP contribution >= 0.6 is 22.9 Å². The Morgan fingerprint density at radius 2 is 2.00 bits per heavy atom. The van der Waals surface area contributed by atoms with E-state index in [-0.39, 0.29) is 5.91 Å². The summed E-state index contributed by atoms with van der Waals surface area (Å²) in [4.78, 5) is 31.7. The fourth-order valence-electron chi connectivity index (χ4n) is 2.72. The molecule has 0 saturated carbocycles. The topological polar surface area (TPSA) is 76.3 Å². The lowest BCUT2D eigenvalue weighted by molar-refractivity contribution is 0.0987. The molecule has 0 spiro atoms. The maximum absolute atomic E-state index is 12.9. The number of nitrogens with zero attached hydrogens (tertiary/aromatic N) is 6. The smallest absolute Gasteiger partial charge is 0.278 e. The van der Waals surface area contributed by atoms with Gasteiger partial charge in [0.2, 0.25) is 0 Å². The number of hydrogen-bond acceptors (Lipinski definition) is 6. The van der Waals surface area contributed by atoms with Crippen LogP contribution in [-0.4, -0.2) is 37.3 Å². The first-order chi connectivity index (χ1) is 13.4. The van der Waals surface area contributed by atoms with Gasteiger partial charge in [0, 0.05) is 24.5 Å². The highest BCUT2D eigenvalue weighted by Gasteiger charge is 2.18. The number of carbonyl (C=O) groups excluding carboxylic acids is 1. The molecule has 0 radical (unpaired) electrons. The largest absolute Gasteiger partial charge is 0.309 e. The SMILES string of the molecule is CC(C)c1nc(-c2cnc3cnc(C(=O)N(C)c4ccc(Cl)nc4)cn23)cs1. The van der Waals surface area contributed by atoms with Crippen LogP contribution in [-0.2, 0) is 0 Å². The zero-order valence-corrected chi connectivity index (χ0v) is 17.1. The van der Waals surface area contributed by atoms with Crippen molar-refractivity contribution in [3.8, 4) is 11.4 Å². The fraction of sp³-hybridized carbons (Fsp3) is 0.211. The number of amides is 1. The summed E-state index contributed by atoms with van der Waals surface area (Å²) in [5.41, 5.74) is 3.24. The molecule has 0 aliphatic heterocycles. The molecule has 9 heteroatoms. The highest BCUT2D eigenvalue weighted by atomic mass is 35.5. The maximum atomic E-state index is 12.9. The zero-order valence-electron chi connectivity index (χ0n) is 15.5. The van der Waals surface area contributed by atoms with Crippen molar-refractivity contribution < 1.29 is 4.79 Å². The third kappa shape index (κ3) is 3.36. The van der Waals surface area contributed by atoms with Crippen molar-refractivity contribution in [2.45, 2.75) is 19.8 Å². The molecule has 28 heavy (non-hydrogen) atoms. The number of pyridine rings is 1. The fourth-order valence-corrected chi connectivity index (χ4v) is 3.66. The van der Waals surface area contributed by atoms with E-state index in [9.17, 15) is 4.79 Å². The number of hydrogen-bond donors (Lipinski definition) is 0. The maximum Gasteiger partial charge on any atom is 0.278 e. The van der Waals surface area contributed by atoms with Gasteiger partial charge in [0.1, 0.15) is 10.8 Å². The van der Waals surface area contributed by atoms with E-state index in [1.54, 1.807) is 55.3 Å². The number of fused-ring (bicyclic) bond motifs is 1. The monoisotopic (exact) mass is 412 g/mol. The van der Waals surface area contributed by atoms with Crippen LogP contribution in [0.1, 0.15) is 35.3 Å². The molecule has 4 heterocycles. The Morgan fingerprint density at radius 1 is 1.18 bits per heavy atom. The first-order valence-electron chi connectivity index (χ1n) is 8.62. The van der Waals surface area contributed by atoms with Crippen LogP contribution in [0, 0.1) is 0 Å². The number of imidazole rings is 1. The summed E-state index contributed by atoms with van der Waals surface area (Å²) in [5.74, 6) is 0.102. The van der Waals surface area contributed by atoms with E-state index in [1.165, 1.54) is 4.90 Å². The Balaban J connectivity index is 1.70. The third-order valence-electron chi connectivity index (χ3n) is 4.30. The van der Waals surface area contributed by atoms with Gasteiger partial charge >= 0.3 is 0 Å². The lowest BCUT2D eigenvalue weighted by atomic mass is 10.2. The molecule has 0 aliphatic rings. The van der Waals surface area contributed by atoms with Gasteiger partial charge in [-0.25, -0.2) is 19.9 Å². The highest BCUT2D eigenvalue weighted by molar-refractivity contribution is 7.10. The number of halogens is 1. The molecule has 7 nitrogen and oxygen atoms in total. The van der Waals surface area contributed by atoms with Gasteiger partial charge in [0.15, 0.2) is 5.65 Å². The van der Waals surface area contributed by atoms with Crippen LogP contribution in [0.2, 0.25) is 5.15 Å². The molecule has 0 bridgehead atoms. The number of rotatable bonds is 4. The summed E-state index contributed by atoms with van der Waals surface area (Å²) >= 11 is 7.44. The van der Waals surface area contributed by atoms with E-state index in [0.717, 1.165) is 16.4 Å². The van der Waals surface area contributed by atoms with Crippen molar-refractivity contribution in [2.75, 3.05) is 11.9 Å². The highest BCUT2D eigenvalue weighted by Crippen LogP contribution is 2.27. The van der Waals surface area contributed by atoms with E-state index in [0.29, 0.717) is 28.1 Å². The molecular weight excluding hydrogens is 396 g/mol. The molecular formula is C19H17ClN6OS. The van der Waals surface area contributed by atoms with Crippen molar-refractivity contribution in [1.82, 2.24) is 24.3 Å². The van der Waals surface area contributed by atoms with Crippen molar-refractivity contribution in [2.24, 2.45) is 0 Å². The van der Waals surface area contributed by atoms with Crippen LogP contribution in [0.5, 0.6) is 0 Å². The molecule has 0 aromatic carbocycles. The molecule has 0 saturated heterocycles. The quantitative estimate of drug-likeness (QED) is 0.467. The van der Waals surface area contributed by atoms with Gasteiger partial charge in [-0.15, -0.1) is 11.3 Å². The van der Waals surface area contributed by atoms with Crippen LogP contribution in [0.15, 0.2) is 42.3 Å². The lowest BCUT2D eigenvalue weighted by Crippen LogP contribution is -2.27. The molecule has 4 aromatic rings. The van der Waals surface area contributed by atoms with Crippen molar-refractivity contribution in [3.05, 3.63) is 58.2 Å². The predicted octanol–water partition coefficient (Wildman–Crippen LogP) is 4.30. The van der Waals surface area contributed by atoms with E-state index in [1.807, 2.05) is 9.78 Å². The molecule has 4 rings (SSSR count). The number of aromatic nitrogens is 5. The van der Waals surface area contributed by atoms with Gasteiger partial charge in [-0.3, -0.25) is 9.20 Å². The lowest BCUT2D eigenvalue weighted by Gasteiger charge is -2.16. The van der Waals surface area contributed by atoms with Gasteiger partial charge < -0.3 is 4.90 Å². The third-order valence-corrected chi connectivity index (χ3v) is 5.67. The van der Waals surface area contributed by atoms with Crippen LogP contribution in [0.4, 0.5) is 5.69 Å². The second kappa shape index (κ2) is 7.29. The van der Waals surface area contributed by atoms with Crippen molar-refractivity contribution in [3.63, 3.8) is 0 Å². The molecule has 4 aromatic heterocycles. The van der Waals surface area contributed by atoms with Gasteiger partial charge in [0.25, 0.3) is 5.91 Å². The van der Waals surface area contributed by atoms with Gasteiger partial charge in [0.05, 0.1) is 40.7 Å². The second-order valence-electron chi connectivity index (χ2n) is 6.57. The number of anilines is 1. The predicted molar refractivity (Wildman–Crippen MR) is 110 cm³/mol. The second-order valence-corrected chi connectivity index (χ2v) is 7.85. The van der Waals surface area contributed by atoms with E-state index in [4.69, 9.17) is 11.6 Å². The van der Waals surface area contributed by atoms with Crippen LogP contribution in [0.3, 0.4) is 0 Å². The minimum atomic E-state index is -0.258. The van der Waals surface area contributed by atoms with Crippen molar-refractivity contribution in [1.29, 1.82) is 0 Å². The van der Waals surface area contributed by atoms with Crippen molar-refractivity contribution >= 4 is 40.2 Å². The first-order valence-corrected chi connectivity index (χ1v) is 9.88. The molecule has 1 amide bonds. The Labute approximate surface area is 170 Å². The summed E-state index contributed by atoms with van der Waals surface area (Å²) in [6.07, 6.45) is 6.57. The summed E-state index contributed by atoms with van der Waals surface area (Å²) < 4.78 is 1.84. The van der Waals surface area contributed by atoms with Gasteiger partial charge in [-0.05, 0) is 12.1 Å². The van der Waals surface area contributed by atoms with Gasteiger partial charge in [-0.1, -0.05) is 25.4 Å². The number of carbonyl (C=O) groups is 1. The molecule has 142 valence electrons. The Kier molecular flexibility index (Phi) is 4.82. The molecule has 0 N–H and O–H groups in total. The van der Waals surface area contributed by atoms with Crippen LogP contribution in [0.25, 0.3) is 17.0 Å². The zero-order chi connectivity index (χ0) is 19.8. The minimum absolute atomic E-state index is 0.258. The summed E-state index contributed by atoms with van der Waals surface area (Å²) in [7, 11) is 1.67. The summed E-state index contributed by atoms with van der Waals surface area (Å²) in [6, 6.07) is 3.37. The van der Waals surface area contributed by atoms with E-state index >= 15 is 0 Å². The minimum Gasteiger partial charge on any atom is -0.309 e. The normalized spacial score (nSPS) is 11.3. The molecule has 0 atom stereocenters. The Hall–Kier alpha value is -2.84. The van der Waals surface area contributed by atoms with E-state index in [2.05, 4.69) is 33.8 Å². The van der Waals surface area contributed by atoms with E-state index < -0.39 is 0 Å². The summed E-state index contributed by atoms with van der Waals surface area (Å²) in [6.45, 7) is 4.22. The summed E-state index contributed by atoms with van der Waals surface area (Å²) in [5, 5.41) is 3.44. The average Bonchev–Trinajstić information content (AvgIpc) is 3.33. The molecule has 0 aliphatic carbocycles. The molecule has 0 fully saturated rings. The van der Waals surface area contributed by atoms with Crippen LogP contribution < -0.4 is 4.90 Å². The Bertz CT molecular complexity index is 1150. The first kappa shape index (κ1) is 18.5. The van der Waals surface area contributed by atoms with Gasteiger partial charge in [-0.2, -0.15) is 0 Å². The average molecular weight is 413 g/mol. The number of thiazole rings is 1.